The van der Waals surface area contributed by atoms with Crippen LogP contribution >= 0.6 is 0 Å². The highest BCUT2D eigenvalue weighted by atomic mass is 32.2. The van der Waals surface area contributed by atoms with E-state index in [4.69, 9.17) is 4.74 Å². The van der Waals surface area contributed by atoms with Gasteiger partial charge in [0.15, 0.2) is 9.84 Å². The van der Waals surface area contributed by atoms with Gasteiger partial charge in [-0.2, -0.15) is 0 Å². The normalized spacial score (nSPS) is 26.2. The fraction of sp³-hybridized carbons (Fsp3) is 0.750. The fourth-order valence-electron chi connectivity index (χ4n) is 2.31. The summed E-state index contributed by atoms with van der Waals surface area (Å²) in [5.74, 6) is -0.0752. The molecule has 2 rings (SSSR count). The van der Waals surface area contributed by atoms with Gasteiger partial charge in [-0.3, -0.25) is 4.90 Å². The summed E-state index contributed by atoms with van der Waals surface area (Å²) in [6.07, 6.45) is 4.61. The summed E-state index contributed by atoms with van der Waals surface area (Å²) in [5.41, 5.74) is 0. The fourth-order valence-corrected chi connectivity index (χ4v) is 3.54. The minimum Gasteiger partial charge on any atom is -0.448 e. The quantitative estimate of drug-likeness (QED) is 0.815. The van der Waals surface area contributed by atoms with Crippen molar-refractivity contribution in [2.75, 3.05) is 32.0 Å². The van der Waals surface area contributed by atoms with E-state index >= 15 is 0 Å². The number of rotatable bonds is 4. The predicted octanol–water partition coefficient (Wildman–Crippen LogP) is 0.509. The number of sulfone groups is 1. The number of alkyl carbamates (subject to hydrolysis) is 1. The van der Waals surface area contributed by atoms with Gasteiger partial charge in [-0.25, -0.2) is 13.2 Å². The number of piperidine rings is 1. The Bertz CT molecular complexity index is 441. The third-order valence-corrected chi connectivity index (χ3v) is 4.72. The SMILES string of the molecule is O=C(N[C@H]1C=CS(=O)(=O)C1)OCCN1CCCCC1. The number of amides is 1. The van der Waals surface area contributed by atoms with Gasteiger partial charge in [-0.05, 0) is 32.0 Å². The molecule has 0 aromatic carbocycles. The Kier molecular flexibility index (Phi) is 4.81. The molecule has 1 N–H and O–H groups in total. The smallest absolute Gasteiger partial charge is 0.407 e. The summed E-state index contributed by atoms with van der Waals surface area (Å²) in [6.45, 7) is 3.21. The second-order valence-electron chi connectivity index (χ2n) is 4.95. The molecule has 1 saturated heterocycles. The molecular weight excluding hydrogens is 268 g/mol. The number of nitrogens with zero attached hydrogens (tertiary/aromatic N) is 1. The molecule has 19 heavy (non-hydrogen) atoms. The average molecular weight is 288 g/mol. The molecule has 1 atom stereocenters. The summed E-state index contributed by atoms with van der Waals surface area (Å²) in [6, 6.07) is -0.465. The molecule has 6 nitrogen and oxygen atoms in total. The zero-order valence-corrected chi connectivity index (χ0v) is 11.7. The van der Waals surface area contributed by atoms with Crippen LogP contribution in [0.4, 0.5) is 4.79 Å². The molecule has 0 unspecified atom stereocenters. The largest absolute Gasteiger partial charge is 0.448 e. The van der Waals surface area contributed by atoms with Crippen LogP contribution in [0, 0.1) is 0 Å². The van der Waals surface area contributed by atoms with Gasteiger partial charge in [0.2, 0.25) is 0 Å². The van der Waals surface area contributed by atoms with E-state index in [1.54, 1.807) is 0 Å². The maximum Gasteiger partial charge on any atom is 0.407 e. The van der Waals surface area contributed by atoms with E-state index in [1.165, 1.54) is 25.3 Å². The molecule has 1 amide bonds. The molecule has 2 aliphatic heterocycles. The molecule has 0 spiro atoms. The molecule has 2 heterocycles. The zero-order valence-electron chi connectivity index (χ0n) is 10.9. The van der Waals surface area contributed by atoms with E-state index in [-0.39, 0.29) is 5.75 Å². The van der Waals surface area contributed by atoms with Crippen molar-refractivity contribution >= 4 is 15.9 Å². The minimum absolute atomic E-state index is 0.0752. The topological polar surface area (TPSA) is 75.7 Å². The van der Waals surface area contributed by atoms with Gasteiger partial charge < -0.3 is 10.1 Å². The molecule has 0 saturated carbocycles. The molecule has 0 bridgehead atoms. The van der Waals surface area contributed by atoms with Crippen molar-refractivity contribution in [1.29, 1.82) is 0 Å². The Morgan fingerprint density at radius 1 is 1.32 bits per heavy atom. The van der Waals surface area contributed by atoms with Crippen molar-refractivity contribution in [3.8, 4) is 0 Å². The lowest BCUT2D eigenvalue weighted by atomic mass is 10.1. The van der Waals surface area contributed by atoms with Crippen molar-refractivity contribution in [3.05, 3.63) is 11.5 Å². The predicted molar refractivity (Wildman–Crippen MR) is 71.5 cm³/mol. The van der Waals surface area contributed by atoms with Gasteiger partial charge in [0, 0.05) is 12.0 Å². The Hall–Kier alpha value is -1.08. The number of hydrogen-bond acceptors (Lipinski definition) is 5. The second kappa shape index (κ2) is 6.38. The Morgan fingerprint density at radius 3 is 2.68 bits per heavy atom. The standard InChI is InChI=1S/C12H20N2O4S/c15-12(13-11-4-9-19(16,17)10-11)18-8-7-14-5-2-1-3-6-14/h4,9,11H,1-3,5-8,10H2,(H,13,15)/t11-/m0/s1. The molecule has 0 aromatic heterocycles. The molecule has 2 aliphatic rings. The van der Waals surface area contributed by atoms with Crippen molar-refractivity contribution in [2.24, 2.45) is 0 Å². The number of carbonyl (C=O) groups is 1. The number of likely N-dealkylation sites (tertiary alicyclic amines) is 1. The van der Waals surface area contributed by atoms with E-state index in [2.05, 4.69) is 10.2 Å². The van der Waals surface area contributed by atoms with Crippen molar-refractivity contribution in [1.82, 2.24) is 10.2 Å². The third-order valence-electron chi connectivity index (χ3n) is 3.32. The highest BCUT2D eigenvalue weighted by Gasteiger charge is 2.23. The van der Waals surface area contributed by atoms with Crippen LogP contribution in [0.5, 0.6) is 0 Å². The van der Waals surface area contributed by atoms with E-state index in [1.807, 2.05) is 0 Å². The lowest BCUT2D eigenvalue weighted by Gasteiger charge is -2.26. The summed E-state index contributed by atoms with van der Waals surface area (Å²) in [5, 5.41) is 3.66. The maximum atomic E-state index is 11.5. The Labute approximate surface area is 113 Å². The Balaban J connectivity index is 1.61. The van der Waals surface area contributed by atoms with E-state index in [0.29, 0.717) is 6.61 Å². The van der Waals surface area contributed by atoms with Crippen molar-refractivity contribution in [2.45, 2.75) is 25.3 Å². The lowest BCUT2D eigenvalue weighted by molar-refractivity contribution is 0.119. The minimum atomic E-state index is -3.14. The molecule has 108 valence electrons. The Morgan fingerprint density at radius 2 is 2.05 bits per heavy atom. The molecular formula is C12H20N2O4S. The number of nitrogens with one attached hydrogen (secondary N) is 1. The molecule has 0 aliphatic carbocycles. The summed E-state index contributed by atoms with van der Waals surface area (Å²) >= 11 is 0. The highest BCUT2D eigenvalue weighted by Crippen LogP contribution is 2.09. The van der Waals surface area contributed by atoms with E-state index in [0.717, 1.165) is 25.0 Å². The first-order valence-corrected chi connectivity index (χ1v) is 8.33. The van der Waals surface area contributed by atoms with Crippen LogP contribution < -0.4 is 5.32 Å². The highest BCUT2D eigenvalue weighted by molar-refractivity contribution is 7.94. The molecule has 1 fully saturated rings. The van der Waals surface area contributed by atoms with Gasteiger partial charge in [-0.1, -0.05) is 6.42 Å². The van der Waals surface area contributed by atoms with Crippen LogP contribution in [0.15, 0.2) is 11.5 Å². The summed E-state index contributed by atoms with van der Waals surface area (Å²) in [7, 11) is -3.14. The first kappa shape index (κ1) is 14.3. The average Bonchev–Trinajstić information content (AvgIpc) is 2.70. The number of carbonyl (C=O) groups excluding carboxylic acids is 1. The van der Waals surface area contributed by atoms with Crippen LogP contribution in [0.25, 0.3) is 0 Å². The van der Waals surface area contributed by atoms with E-state index in [9.17, 15) is 13.2 Å². The van der Waals surface area contributed by atoms with Gasteiger partial charge in [0.1, 0.15) is 6.61 Å². The van der Waals surface area contributed by atoms with Crippen LogP contribution in [-0.2, 0) is 14.6 Å². The van der Waals surface area contributed by atoms with Crippen LogP contribution in [-0.4, -0.2) is 57.4 Å². The molecule has 0 aromatic rings. The third kappa shape index (κ3) is 4.83. The van der Waals surface area contributed by atoms with Crippen LogP contribution in [0.3, 0.4) is 0 Å². The first-order valence-electron chi connectivity index (χ1n) is 6.62. The second-order valence-corrected chi connectivity index (χ2v) is 6.88. The zero-order chi connectivity index (χ0) is 13.7. The van der Waals surface area contributed by atoms with Gasteiger partial charge in [0.05, 0.1) is 11.8 Å². The maximum absolute atomic E-state index is 11.5. The summed E-state index contributed by atoms with van der Waals surface area (Å²) in [4.78, 5) is 13.7. The monoisotopic (exact) mass is 288 g/mol. The number of hydrogen-bond donors (Lipinski definition) is 1. The van der Waals surface area contributed by atoms with E-state index < -0.39 is 22.0 Å². The molecule has 0 radical (unpaired) electrons. The van der Waals surface area contributed by atoms with Crippen LogP contribution in [0.1, 0.15) is 19.3 Å². The van der Waals surface area contributed by atoms with Gasteiger partial charge >= 0.3 is 6.09 Å². The van der Waals surface area contributed by atoms with Gasteiger partial charge in [-0.15, -0.1) is 0 Å². The van der Waals surface area contributed by atoms with Crippen molar-refractivity contribution in [3.63, 3.8) is 0 Å². The first-order chi connectivity index (χ1) is 9.05. The summed E-state index contributed by atoms with van der Waals surface area (Å²) < 4.78 is 27.4. The van der Waals surface area contributed by atoms with Crippen LogP contribution in [0.2, 0.25) is 0 Å². The molecule has 7 heteroatoms. The van der Waals surface area contributed by atoms with Gasteiger partial charge in [0.25, 0.3) is 0 Å². The number of ether oxygens (including phenoxy) is 1. The van der Waals surface area contributed by atoms with Crippen molar-refractivity contribution < 1.29 is 17.9 Å². The lowest BCUT2D eigenvalue weighted by Crippen LogP contribution is -2.38.